The second-order valence-electron chi connectivity index (χ2n) is 5.70. The Morgan fingerprint density at radius 2 is 1.88 bits per heavy atom. The summed E-state index contributed by atoms with van der Waals surface area (Å²) in [5.41, 5.74) is 2.38. The molecule has 0 fully saturated rings. The van der Waals surface area contributed by atoms with E-state index in [4.69, 9.17) is 11.6 Å². The fourth-order valence-electron chi connectivity index (χ4n) is 2.41. The monoisotopic (exact) mass is 369 g/mol. The number of amides is 1. The number of benzene rings is 2. The number of anilines is 2. The van der Waals surface area contributed by atoms with E-state index >= 15 is 0 Å². The molecule has 1 amide bonds. The van der Waals surface area contributed by atoms with Gasteiger partial charge in [-0.3, -0.25) is 4.79 Å². The average Bonchev–Trinajstić information content (AvgIpc) is 2.64. The molecule has 1 heterocycles. The number of hydrogen-bond donors (Lipinski definition) is 2. The van der Waals surface area contributed by atoms with Crippen LogP contribution in [0.3, 0.4) is 0 Å². The number of aromatic nitrogens is 1. The van der Waals surface area contributed by atoms with Crippen LogP contribution in [0.4, 0.5) is 15.9 Å². The molecule has 26 heavy (non-hydrogen) atoms. The highest BCUT2D eigenvalue weighted by Gasteiger charge is 2.07. The van der Waals surface area contributed by atoms with Crippen molar-refractivity contribution in [2.45, 2.75) is 6.42 Å². The van der Waals surface area contributed by atoms with Gasteiger partial charge < -0.3 is 10.6 Å². The highest BCUT2D eigenvalue weighted by Crippen LogP contribution is 2.13. The quantitative estimate of drug-likeness (QED) is 0.657. The summed E-state index contributed by atoms with van der Waals surface area (Å²) in [6.45, 7) is 0.739. The lowest BCUT2D eigenvalue weighted by Gasteiger charge is -2.08. The van der Waals surface area contributed by atoms with Crippen LogP contribution in [0, 0.1) is 5.82 Å². The summed E-state index contributed by atoms with van der Waals surface area (Å²) < 4.78 is 12.9. The van der Waals surface area contributed by atoms with Crippen molar-refractivity contribution in [1.29, 1.82) is 0 Å². The van der Waals surface area contributed by atoms with E-state index in [9.17, 15) is 9.18 Å². The van der Waals surface area contributed by atoms with Crippen molar-refractivity contribution in [2.24, 2.45) is 0 Å². The van der Waals surface area contributed by atoms with E-state index in [2.05, 4.69) is 15.6 Å². The molecule has 0 aliphatic rings. The first-order valence-corrected chi connectivity index (χ1v) is 8.49. The van der Waals surface area contributed by atoms with E-state index in [-0.39, 0.29) is 11.7 Å². The van der Waals surface area contributed by atoms with Gasteiger partial charge in [0.25, 0.3) is 5.91 Å². The Bertz CT molecular complexity index is 882. The van der Waals surface area contributed by atoms with Crippen LogP contribution in [-0.4, -0.2) is 17.4 Å². The molecule has 1 aromatic heterocycles. The summed E-state index contributed by atoms with van der Waals surface area (Å²) in [6.07, 6.45) is 2.49. The zero-order chi connectivity index (χ0) is 18.4. The largest absolute Gasteiger partial charge is 0.383 e. The Balaban J connectivity index is 1.51. The van der Waals surface area contributed by atoms with E-state index in [0.717, 1.165) is 29.2 Å². The van der Waals surface area contributed by atoms with E-state index in [1.54, 1.807) is 12.3 Å². The number of nitrogens with zero attached hydrogens (tertiary/aromatic N) is 1. The van der Waals surface area contributed by atoms with Crippen LogP contribution in [0.1, 0.15) is 15.9 Å². The maximum absolute atomic E-state index is 12.9. The van der Waals surface area contributed by atoms with Crippen molar-refractivity contribution in [2.75, 3.05) is 17.2 Å². The highest BCUT2D eigenvalue weighted by molar-refractivity contribution is 6.30. The van der Waals surface area contributed by atoms with Gasteiger partial charge in [0.05, 0.1) is 11.9 Å². The van der Waals surface area contributed by atoms with Crippen LogP contribution < -0.4 is 10.6 Å². The second-order valence-corrected chi connectivity index (χ2v) is 6.14. The standard InChI is InChI=1S/C20H17ClFN3O/c21-16-3-1-2-14(12-16)10-11-23-18-8-9-19(24-13-18)25-20(26)15-4-6-17(22)7-5-15/h1-9,12-13,23H,10-11H2,(H,24,25,26). The summed E-state index contributed by atoms with van der Waals surface area (Å²) in [5, 5.41) is 6.68. The predicted molar refractivity (Wildman–Crippen MR) is 102 cm³/mol. The second kappa shape index (κ2) is 8.45. The van der Waals surface area contributed by atoms with Crippen molar-refractivity contribution < 1.29 is 9.18 Å². The fourth-order valence-corrected chi connectivity index (χ4v) is 2.62. The summed E-state index contributed by atoms with van der Waals surface area (Å²) in [5.74, 6) is -0.285. The fraction of sp³-hybridized carbons (Fsp3) is 0.100. The van der Waals surface area contributed by atoms with Gasteiger partial charge >= 0.3 is 0 Å². The summed E-state index contributed by atoms with van der Waals surface area (Å²) in [4.78, 5) is 16.3. The Morgan fingerprint density at radius 1 is 1.08 bits per heavy atom. The number of pyridine rings is 1. The normalized spacial score (nSPS) is 10.4. The van der Waals surface area contributed by atoms with Gasteiger partial charge in [-0.1, -0.05) is 23.7 Å². The molecule has 0 radical (unpaired) electrons. The lowest BCUT2D eigenvalue weighted by Crippen LogP contribution is -2.13. The van der Waals surface area contributed by atoms with Gasteiger partial charge in [0.1, 0.15) is 11.6 Å². The minimum atomic E-state index is -0.382. The van der Waals surface area contributed by atoms with Gasteiger partial charge in [-0.2, -0.15) is 0 Å². The smallest absolute Gasteiger partial charge is 0.256 e. The number of hydrogen-bond acceptors (Lipinski definition) is 3. The average molecular weight is 370 g/mol. The van der Waals surface area contributed by atoms with Gasteiger partial charge in [0.2, 0.25) is 0 Å². The molecule has 4 nitrogen and oxygen atoms in total. The molecule has 0 bridgehead atoms. The molecule has 0 spiro atoms. The molecule has 3 rings (SSSR count). The minimum absolute atomic E-state index is 0.334. The lowest BCUT2D eigenvalue weighted by atomic mass is 10.1. The van der Waals surface area contributed by atoms with Gasteiger partial charge in [0.15, 0.2) is 0 Å². The molecule has 0 aliphatic heterocycles. The van der Waals surface area contributed by atoms with Crippen molar-refractivity contribution >= 4 is 29.0 Å². The van der Waals surface area contributed by atoms with E-state index in [0.29, 0.717) is 11.4 Å². The van der Waals surface area contributed by atoms with Crippen LogP contribution in [0.25, 0.3) is 0 Å². The first-order valence-electron chi connectivity index (χ1n) is 8.11. The molecule has 6 heteroatoms. The van der Waals surface area contributed by atoms with Crippen molar-refractivity contribution in [3.05, 3.63) is 88.8 Å². The summed E-state index contributed by atoms with van der Waals surface area (Å²) in [7, 11) is 0. The van der Waals surface area contributed by atoms with Crippen LogP contribution in [0.2, 0.25) is 5.02 Å². The number of halogens is 2. The predicted octanol–water partition coefficient (Wildman–Crippen LogP) is 4.78. The Kier molecular flexibility index (Phi) is 5.81. The number of carbonyl (C=O) groups is 1. The molecule has 0 unspecified atom stereocenters. The molecular weight excluding hydrogens is 353 g/mol. The Morgan fingerprint density at radius 3 is 2.58 bits per heavy atom. The van der Waals surface area contributed by atoms with E-state index < -0.39 is 0 Å². The molecule has 0 aliphatic carbocycles. The third kappa shape index (κ3) is 5.04. The topological polar surface area (TPSA) is 54.0 Å². The summed E-state index contributed by atoms with van der Waals surface area (Å²) >= 11 is 5.97. The first-order chi connectivity index (χ1) is 12.6. The molecule has 2 aromatic carbocycles. The molecule has 132 valence electrons. The number of nitrogens with one attached hydrogen (secondary N) is 2. The zero-order valence-corrected chi connectivity index (χ0v) is 14.6. The number of carbonyl (C=O) groups excluding carboxylic acids is 1. The van der Waals surface area contributed by atoms with Crippen molar-refractivity contribution in [3.8, 4) is 0 Å². The van der Waals surface area contributed by atoms with E-state index in [1.807, 2.05) is 30.3 Å². The van der Waals surface area contributed by atoms with Crippen molar-refractivity contribution in [1.82, 2.24) is 4.98 Å². The molecule has 3 aromatic rings. The summed E-state index contributed by atoms with van der Waals surface area (Å²) in [6, 6.07) is 16.6. The molecular formula is C20H17ClFN3O. The van der Waals surface area contributed by atoms with Crippen LogP contribution in [0.15, 0.2) is 66.9 Å². The Labute approximate surface area is 156 Å². The highest BCUT2D eigenvalue weighted by atomic mass is 35.5. The van der Waals surface area contributed by atoms with Gasteiger partial charge in [0, 0.05) is 17.1 Å². The Hall–Kier alpha value is -2.92. The lowest BCUT2D eigenvalue weighted by molar-refractivity contribution is 0.102. The van der Waals surface area contributed by atoms with E-state index in [1.165, 1.54) is 24.3 Å². The first kappa shape index (κ1) is 17.9. The molecule has 0 saturated carbocycles. The van der Waals surface area contributed by atoms with Gasteiger partial charge in [-0.05, 0) is 60.5 Å². The molecule has 0 atom stereocenters. The van der Waals surface area contributed by atoms with Gasteiger partial charge in [-0.15, -0.1) is 0 Å². The van der Waals surface area contributed by atoms with Crippen LogP contribution >= 0.6 is 11.6 Å². The maximum Gasteiger partial charge on any atom is 0.256 e. The zero-order valence-electron chi connectivity index (χ0n) is 13.9. The third-order valence-corrected chi connectivity index (χ3v) is 3.98. The third-order valence-electron chi connectivity index (χ3n) is 3.74. The maximum atomic E-state index is 12.9. The molecule has 2 N–H and O–H groups in total. The van der Waals surface area contributed by atoms with Gasteiger partial charge in [-0.25, -0.2) is 9.37 Å². The van der Waals surface area contributed by atoms with Crippen LogP contribution in [0.5, 0.6) is 0 Å². The molecule has 0 saturated heterocycles. The minimum Gasteiger partial charge on any atom is -0.383 e. The van der Waals surface area contributed by atoms with Crippen molar-refractivity contribution in [3.63, 3.8) is 0 Å². The SMILES string of the molecule is O=C(Nc1ccc(NCCc2cccc(Cl)c2)cn1)c1ccc(F)cc1. The number of rotatable bonds is 6. The van der Waals surface area contributed by atoms with Crippen LogP contribution in [-0.2, 0) is 6.42 Å².